The van der Waals surface area contributed by atoms with Gasteiger partial charge in [-0.2, -0.15) is 0 Å². The Morgan fingerprint density at radius 2 is 2.12 bits per heavy atom. The largest absolute Gasteiger partial charge is 0.347 e. The van der Waals surface area contributed by atoms with E-state index in [9.17, 15) is 0 Å². The van der Waals surface area contributed by atoms with E-state index in [2.05, 4.69) is 19.1 Å². The maximum Gasteiger partial charge on any atom is 0.172 e. The zero-order valence-electron chi connectivity index (χ0n) is 9.49. The van der Waals surface area contributed by atoms with Crippen LogP contribution in [0.5, 0.6) is 0 Å². The third-order valence-corrected chi connectivity index (χ3v) is 3.28. The fraction of sp³-hybridized carbons (Fsp3) is 0.538. The Kier molecular flexibility index (Phi) is 3.85. The minimum atomic E-state index is -0.471. The van der Waals surface area contributed by atoms with Gasteiger partial charge >= 0.3 is 0 Å². The first-order chi connectivity index (χ1) is 7.78. The smallest absolute Gasteiger partial charge is 0.172 e. The quantitative estimate of drug-likeness (QED) is 0.754. The van der Waals surface area contributed by atoms with Gasteiger partial charge in [-0.3, -0.25) is 0 Å². The Hall–Kier alpha value is -0.570. The molecule has 0 saturated carbocycles. The van der Waals surface area contributed by atoms with E-state index in [1.54, 1.807) is 0 Å². The van der Waals surface area contributed by atoms with Gasteiger partial charge in [0.15, 0.2) is 5.79 Å². The molecule has 1 saturated heterocycles. The van der Waals surface area contributed by atoms with E-state index < -0.39 is 5.79 Å². The Morgan fingerprint density at radius 1 is 1.38 bits per heavy atom. The molecule has 0 N–H and O–H groups in total. The number of hydrogen-bond donors (Lipinski definition) is 0. The molecule has 1 fully saturated rings. The summed E-state index contributed by atoms with van der Waals surface area (Å²) in [6.07, 6.45) is 1.66. The molecule has 3 heteroatoms. The molecule has 0 spiro atoms. The highest BCUT2D eigenvalue weighted by Crippen LogP contribution is 2.31. The lowest BCUT2D eigenvalue weighted by atomic mass is 10.0. The van der Waals surface area contributed by atoms with Crippen LogP contribution in [-0.2, 0) is 15.9 Å². The van der Waals surface area contributed by atoms with Crippen LogP contribution < -0.4 is 0 Å². The molecule has 0 bridgehead atoms. The Morgan fingerprint density at radius 3 is 2.69 bits per heavy atom. The van der Waals surface area contributed by atoms with Crippen LogP contribution in [0.4, 0.5) is 0 Å². The number of hydrogen-bond acceptors (Lipinski definition) is 2. The molecule has 1 aliphatic rings. The predicted molar refractivity (Wildman–Crippen MR) is 64.7 cm³/mol. The Bertz CT molecular complexity index is 328. The maximum absolute atomic E-state index is 5.90. The lowest BCUT2D eigenvalue weighted by molar-refractivity contribution is -0.166. The molecular formula is C13H17ClO2. The average Bonchev–Trinajstić information content (AvgIpc) is 2.75. The second kappa shape index (κ2) is 5.17. The molecule has 0 amide bonds. The third kappa shape index (κ3) is 2.57. The summed E-state index contributed by atoms with van der Waals surface area (Å²) in [5.41, 5.74) is 1.24. The zero-order chi connectivity index (χ0) is 11.4. The highest BCUT2D eigenvalue weighted by Gasteiger charge is 2.39. The average molecular weight is 241 g/mol. The van der Waals surface area contributed by atoms with E-state index in [1.165, 1.54) is 5.56 Å². The van der Waals surface area contributed by atoms with E-state index in [-0.39, 0.29) is 6.10 Å². The van der Waals surface area contributed by atoms with Gasteiger partial charge in [-0.15, -0.1) is 11.6 Å². The number of rotatable bonds is 4. The van der Waals surface area contributed by atoms with Crippen molar-refractivity contribution in [3.63, 3.8) is 0 Å². The number of ether oxygens (including phenoxy) is 2. The highest BCUT2D eigenvalue weighted by atomic mass is 35.5. The number of alkyl halides is 1. The number of benzene rings is 1. The van der Waals surface area contributed by atoms with E-state index >= 15 is 0 Å². The van der Waals surface area contributed by atoms with Gasteiger partial charge in [0.1, 0.15) is 0 Å². The van der Waals surface area contributed by atoms with E-state index in [0.29, 0.717) is 12.5 Å². The van der Waals surface area contributed by atoms with Crippen LogP contribution in [0.1, 0.15) is 18.9 Å². The second-order valence-corrected chi connectivity index (χ2v) is 4.44. The van der Waals surface area contributed by atoms with Crippen molar-refractivity contribution in [1.29, 1.82) is 0 Å². The van der Waals surface area contributed by atoms with E-state index in [4.69, 9.17) is 21.1 Å². The van der Waals surface area contributed by atoms with Crippen molar-refractivity contribution in [2.24, 2.45) is 0 Å². The van der Waals surface area contributed by atoms with Crippen LogP contribution in [0.25, 0.3) is 0 Å². The molecule has 1 heterocycles. The molecule has 2 nitrogen and oxygen atoms in total. The highest BCUT2D eigenvalue weighted by molar-refractivity contribution is 6.18. The summed E-state index contributed by atoms with van der Waals surface area (Å²) in [6.45, 7) is 2.68. The predicted octanol–water partition coefficient (Wildman–Crippen LogP) is 2.99. The van der Waals surface area contributed by atoms with Gasteiger partial charge in [0.2, 0.25) is 0 Å². The van der Waals surface area contributed by atoms with Gasteiger partial charge in [0.05, 0.1) is 18.6 Å². The van der Waals surface area contributed by atoms with Gasteiger partial charge < -0.3 is 9.47 Å². The van der Waals surface area contributed by atoms with Gasteiger partial charge in [0, 0.05) is 6.42 Å². The van der Waals surface area contributed by atoms with Gasteiger partial charge in [0.25, 0.3) is 0 Å². The van der Waals surface area contributed by atoms with Crippen LogP contribution in [0.2, 0.25) is 0 Å². The summed E-state index contributed by atoms with van der Waals surface area (Å²) in [5.74, 6) is 0.0252. The van der Waals surface area contributed by atoms with Crippen LogP contribution in [-0.4, -0.2) is 24.4 Å². The first-order valence-corrected chi connectivity index (χ1v) is 6.23. The van der Waals surface area contributed by atoms with Crippen LogP contribution in [0, 0.1) is 0 Å². The summed E-state index contributed by atoms with van der Waals surface area (Å²) < 4.78 is 11.7. The minimum Gasteiger partial charge on any atom is -0.347 e. The molecule has 1 aliphatic heterocycles. The first-order valence-electron chi connectivity index (χ1n) is 5.69. The van der Waals surface area contributed by atoms with Gasteiger partial charge in [-0.05, 0) is 12.0 Å². The van der Waals surface area contributed by atoms with Gasteiger partial charge in [-0.1, -0.05) is 37.3 Å². The number of halogens is 1. The van der Waals surface area contributed by atoms with Crippen LogP contribution >= 0.6 is 11.6 Å². The third-order valence-electron chi connectivity index (χ3n) is 2.94. The molecule has 2 rings (SSSR count). The summed E-state index contributed by atoms with van der Waals surface area (Å²) in [4.78, 5) is 0. The molecule has 0 radical (unpaired) electrons. The maximum atomic E-state index is 5.90. The van der Waals surface area contributed by atoms with E-state index in [0.717, 1.165) is 12.8 Å². The molecule has 0 aliphatic carbocycles. The van der Waals surface area contributed by atoms with E-state index in [1.807, 2.05) is 18.2 Å². The lowest BCUT2D eigenvalue weighted by Gasteiger charge is -2.26. The molecular weight excluding hydrogens is 224 g/mol. The molecule has 16 heavy (non-hydrogen) atoms. The SMILES string of the molecule is CCC1(Cc2ccccc2)OCC(CCl)O1. The minimum absolute atomic E-state index is 0.0327. The molecule has 88 valence electrons. The Balaban J connectivity index is 2.06. The van der Waals surface area contributed by atoms with Crippen molar-refractivity contribution in [1.82, 2.24) is 0 Å². The second-order valence-electron chi connectivity index (χ2n) is 4.13. The first kappa shape index (κ1) is 11.9. The van der Waals surface area contributed by atoms with Crippen molar-refractivity contribution >= 4 is 11.6 Å². The summed E-state index contributed by atoms with van der Waals surface area (Å²) >= 11 is 5.79. The van der Waals surface area contributed by atoms with Crippen molar-refractivity contribution in [2.45, 2.75) is 31.7 Å². The fourth-order valence-electron chi connectivity index (χ4n) is 2.00. The van der Waals surface area contributed by atoms with Crippen molar-refractivity contribution < 1.29 is 9.47 Å². The fourth-order valence-corrected chi connectivity index (χ4v) is 2.15. The molecule has 1 aromatic rings. The topological polar surface area (TPSA) is 18.5 Å². The van der Waals surface area contributed by atoms with Gasteiger partial charge in [-0.25, -0.2) is 0 Å². The molecule has 2 atom stereocenters. The Labute approximate surface area is 102 Å². The molecule has 0 aromatic heterocycles. The lowest BCUT2D eigenvalue weighted by Crippen LogP contribution is -2.33. The van der Waals surface area contributed by atoms with Crippen LogP contribution in [0.3, 0.4) is 0 Å². The summed E-state index contributed by atoms with van der Waals surface area (Å²) in [5, 5.41) is 0. The summed E-state index contributed by atoms with van der Waals surface area (Å²) in [6, 6.07) is 10.3. The molecule has 1 aromatic carbocycles. The molecule has 2 unspecified atom stereocenters. The summed E-state index contributed by atoms with van der Waals surface area (Å²) in [7, 11) is 0. The van der Waals surface area contributed by atoms with Crippen LogP contribution in [0.15, 0.2) is 30.3 Å². The standard InChI is InChI=1S/C13H17ClO2/c1-2-13(15-10-12(9-14)16-13)8-11-6-4-3-5-7-11/h3-7,12H,2,8-10H2,1H3. The monoisotopic (exact) mass is 240 g/mol. The van der Waals surface area contributed by atoms with Crippen molar-refractivity contribution in [2.75, 3.05) is 12.5 Å². The van der Waals surface area contributed by atoms with Crippen molar-refractivity contribution in [3.8, 4) is 0 Å². The van der Waals surface area contributed by atoms with Crippen molar-refractivity contribution in [3.05, 3.63) is 35.9 Å². The zero-order valence-corrected chi connectivity index (χ0v) is 10.2. The normalized spacial score (nSPS) is 29.5.